The standard InChI is InChI=1S/C12H15ClN2O3/c1-3-9-4-8(5-10(13)15-9)11(16)14-6-7(2)12(17)18/h4-5,7H,3,6H2,1-2H3,(H,14,16)(H,17,18). The van der Waals surface area contributed by atoms with Crippen LogP contribution in [-0.2, 0) is 11.2 Å². The summed E-state index contributed by atoms with van der Waals surface area (Å²) < 4.78 is 0. The van der Waals surface area contributed by atoms with E-state index in [2.05, 4.69) is 10.3 Å². The van der Waals surface area contributed by atoms with Gasteiger partial charge in [-0.25, -0.2) is 4.98 Å². The van der Waals surface area contributed by atoms with Gasteiger partial charge < -0.3 is 10.4 Å². The van der Waals surface area contributed by atoms with E-state index in [-0.39, 0.29) is 17.6 Å². The molecule has 1 aromatic heterocycles. The van der Waals surface area contributed by atoms with E-state index in [0.717, 1.165) is 5.69 Å². The number of carboxylic acid groups (broad SMARTS) is 1. The molecule has 2 N–H and O–H groups in total. The van der Waals surface area contributed by atoms with Gasteiger partial charge in [-0.2, -0.15) is 0 Å². The molecule has 1 aromatic rings. The summed E-state index contributed by atoms with van der Waals surface area (Å²) in [5.74, 6) is -1.92. The van der Waals surface area contributed by atoms with Crippen LogP contribution in [0.5, 0.6) is 0 Å². The maximum Gasteiger partial charge on any atom is 0.308 e. The van der Waals surface area contributed by atoms with Gasteiger partial charge in [-0.15, -0.1) is 0 Å². The molecule has 1 rings (SSSR count). The number of hydrogen-bond acceptors (Lipinski definition) is 3. The first-order valence-corrected chi connectivity index (χ1v) is 5.99. The number of rotatable bonds is 5. The summed E-state index contributed by atoms with van der Waals surface area (Å²) in [7, 11) is 0. The van der Waals surface area contributed by atoms with Crippen molar-refractivity contribution in [1.29, 1.82) is 0 Å². The first kappa shape index (κ1) is 14.4. The van der Waals surface area contributed by atoms with Crippen molar-refractivity contribution < 1.29 is 14.7 Å². The van der Waals surface area contributed by atoms with Crippen LogP contribution in [-0.4, -0.2) is 28.5 Å². The Labute approximate surface area is 110 Å². The summed E-state index contributed by atoms with van der Waals surface area (Å²) in [5.41, 5.74) is 1.11. The zero-order valence-electron chi connectivity index (χ0n) is 10.2. The molecule has 0 saturated heterocycles. The molecule has 1 unspecified atom stereocenters. The molecular formula is C12H15ClN2O3. The quantitative estimate of drug-likeness (QED) is 0.799. The Morgan fingerprint density at radius 3 is 2.72 bits per heavy atom. The summed E-state index contributed by atoms with van der Waals surface area (Å²) in [6.07, 6.45) is 0.673. The normalized spacial score (nSPS) is 11.9. The van der Waals surface area contributed by atoms with Crippen molar-refractivity contribution in [2.24, 2.45) is 5.92 Å². The Bertz CT molecular complexity index is 463. The minimum absolute atomic E-state index is 0.0789. The summed E-state index contributed by atoms with van der Waals surface area (Å²) in [4.78, 5) is 26.5. The van der Waals surface area contributed by atoms with Crippen LogP contribution < -0.4 is 5.32 Å². The zero-order chi connectivity index (χ0) is 13.7. The van der Waals surface area contributed by atoms with E-state index < -0.39 is 11.9 Å². The van der Waals surface area contributed by atoms with Gasteiger partial charge in [-0.1, -0.05) is 25.4 Å². The fourth-order valence-corrected chi connectivity index (χ4v) is 1.52. The molecule has 1 amide bonds. The van der Waals surface area contributed by atoms with Crippen LogP contribution in [0.3, 0.4) is 0 Å². The van der Waals surface area contributed by atoms with Crippen LogP contribution in [0.15, 0.2) is 12.1 Å². The van der Waals surface area contributed by atoms with Gasteiger partial charge in [0.2, 0.25) is 0 Å². The van der Waals surface area contributed by atoms with Crippen molar-refractivity contribution in [3.05, 3.63) is 28.5 Å². The number of carbonyl (C=O) groups excluding carboxylic acids is 1. The SMILES string of the molecule is CCc1cc(C(=O)NCC(C)C(=O)O)cc(Cl)n1. The number of nitrogens with zero attached hydrogens (tertiary/aromatic N) is 1. The van der Waals surface area contributed by atoms with Crippen LogP contribution in [0.25, 0.3) is 0 Å². The average Bonchev–Trinajstić information content (AvgIpc) is 2.34. The molecule has 0 bridgehead atoms. The molecule has 0 saturated carbocycles. The van der Waals surface area contributed by atoms with Crippen molar-refractivity contribution in [3.8, 4) is 0 Å². The highest BCUT2D eigenvalue weighted by Crippen LogP contribution is 2.11. The highest BCUT2D eigenvalue weighted by atomic mass is 35.5. The van der Waals surface area contributed by atoms with Gasteiger partial charge in [0.05, 0.1) is 5.92 Å². The Morgan fingerprint density at radius 1 is 1.50 bits per heavy atom. The van der Waals surface area contributed by atoms with Gasteiger partial charge in [-0.05, 0) is 18.6 Å². The lowest BCUT2D eigenvalue weighted by molar-refractivity contribution is -0.140. The molecule has 0 aromatic carbocycles. The monoisotopic (exact) mass is 270 g/mol. The van der Waals surface area contributed by atoms with Gasteiger partial charge in [0.25, 0.3) is 5.91 Å². The molecule has 0 aliphatic rings. The number of amides is 1. The third-order valence-corrected chi connectivity index (χ3v) is 2.66. The molecular weight excluding hydrogens is 256 g/mol. The van der Waals surface area contributed by atoms with Crippen LogP contribution in [0.2, 0.25) is 5.15 Å². The number of aromatic nitrogens is 1. The molecule has 0 aliphatic heterocycles. The first-order chi connectivity index (χ1) is 8.43. The Morgan fingerprint density at radius 2 is 2.17 bits per heavy atom. The van der Waals surface area contributed by atoms with Crippen molar-refractivity contribution in [3.63, 3.8) is 0 Å². The fourth-order valence-electron chi connectivity index (χ4n) is 1.30. The second-order valence-corrected chi connectivity index (χ2v) is 4.36. The summed E-state index contributed by atoms with van der Waals surface area (Å²) in [5, 5.41) is 11.5. The first-order valence-electron chi connectivity index (χ1n) is 5.61. The number of halogens is 1. The zero-order valence-corrected chi connectivity index (χ0v) is 11.0. The lowest BCUT2D eigenvalue weighted by Crippen LogP contribution is -2.31. The predicted octanol–water partition coefficient (Wildman–Crippen LogP) is 1.75. The molecule has 0 spiro atoms. The molecule has 98 valence electrons. The van der Waals surface area contributed by atoms with Crippen LogP contribution >= 0.6 is 11.6 Å². The maximum atomic E-state index is 11.8. The summed E-state index contributed by atoms with van der Waals surface area (Å²) >= 11 is 5.80. The molecule has 18 heavy (non-hydrogen) atoms. The highest BCUT2D eigenvalue weighted by molar-refractivity contribution is 6.29. The molecule has 6 heteroatoms. The van der Waals surface area contributed by atoms with Gasteiger partial charge in [-0.3, -0.25) is 9.59 Å². The molecule has 0 radical (unpaired) electrons. The minimum atomic E-state index is -0.947. The van der Waals surface area contributed by atoms with Gasteiger partial charge in [0.1, 0.15) is 5.15 Å². The van der Waals surface area contributed by atoms with E-state index in [9.17, 15) is 9.59 Å². The van der Waals surface area contributed by atoms with Gasteiger partial charge in [0, 0.05) is 17.8 Å². The van der Waals surface area contributed by atoms with E-state index >= 15 is 0 Å². The van der Waals surface area contributed by atoms with Crippen LogP contribution in [0, 0.1) is 5.92 Å². The van der Waals surface area contributed by atoms with E-state index in [1.165, 1.54) is 13.0 Å². The highest BCUT2D eigenvalue weighted by Gasteiger charge is 2.14. The third kappa shape index (κ3) is 4.00. The predicted molar refractivity (Wildman–Crippen MR) is 67.8 cm³/mol. The number of aryl methyl sites for hydroxylation is 1. The number of hydrogen-bond donors (Lipinski definition) is 2. The number of aliphatic carboxylic acids is 1. The van der Waals surface area contributed by atoms with Crippen molar-refractivity contribution in [2.45, 2.75) is 20.3 Å². The maximum absolute atomic E-state index is 11.8. The number of carboxylic acids is 1. The summed E-state index contributed by atoms with van der Waals surface area (Å²) in [6.45, 7) is 3.52. The van der Waals surface area contributed by atoms with Gasteiger partial charge in [0.15, 0.2) is 0 Å². The van der Waals surface area contributed by atoms with E-state index in [1.54, 1.807) is 6.07 Å². The van der Waals surface area contributed by atoms with Crippen LogP contribution in [0.4, 0.5) is 0 Å². The van der Waals surface area contributed by atoms with Gasteiger partial charge >= 0.3 is 5.97 Å². The second-order valence-electron chi connectivity index (χ2n) is 3.97. The van der Waals surface area contributed by atoms with E-state index in [4.69, 9.17) is 16.7 Å². The van der Waals surface area contributed by atoms with E-state index in [0.29, 0.717) is 12.0 Å². The molecule has 0 fully saturated rings. The second kappa shape index (κ2) is 6.35. The third-order valence-electron chi connectivity index (χ3n) is 2.46. The Balaban J connectivity index is 2.72. The molecule has 1 heterocycles. The van der Waals surface area contributed by atoms with Crippen LogP contribution in [0.1, 0.15) is 29.9 Å². The molecule has 0 aliphatic carbocycles. The lowest BCUT2D eigenvalue weighted by Gasteiger charge is -2.09. The topological polar surface area (TPSA) is 79.3 Å². The Kier molecular flexibility index (Phi) is 5.09. The van der Waals surface area contributed by atoms with Crippen molar-refractivity contribution in [2.75, 3.05) is 6.54 Å². The lowest BCUT2D eigenvalue weighted by atomic mass is 10.1. The molecule has 5 nitrogen and oxygen atoms in total. The fraction of sp³-hybridized carbons (Fsp3) is 0.417. The van der Waals surface area contributed by atoms with E-state index in [1.807, 2.05) is 6.92 Å². The minimum Gasteiger partial charge on any atom is -0.481 e. The Hall–Kier alpha value is -1.62. The number of carbonyl (C=O) groups is 2. The largest absolute Gasteiger partial charge is 0.481 e. The smallest absolute Gasteiger partial charge is 0.308 e. The summed E-state index contributed by atoms with van der Waals surface area (Å²) in [6, 6.07) is 3.11. The van der Waals surface area contributed by atoms with Crippen molar-refractivity contribution >= 4 is 23.5 Å². The van der Waals surface area contributed by atoms with Crippen molar-refractivity contribution in [1.82, 2.24) is 10.3 Å². The number of nitrogens with one attached hydrogen (secondary N) is 1. The number of pyridine rings is 1. The average molecular weight is 271 g/mol. The molecule has 1 atom stereocenters.